The van der Waals surface area contributed by atoms with Crippen molar-refractivity contribution >= 4 is 17.6 Å². The number of piperidine rings is 1. The lowest BCUT2D eigenvalue weighted by Crippen LogP contribution is -2.43. The fourth-order valence-corrected chi connectivity index (χ4v) is 2.23. The van der Waals surface area contributed by atoms with Crippen LogP contribution in [0.15, 0.2) is 18.2 Å². The molecule has 1 aromatic rings. The topological polar surface area (TPSA) is 87.7 Å². The monoisotopic (exact) mass is 278 g/mol. The molecular weight excluding hydrogens is 260 g/mol. The molecule has 0 aromatic heterocycles. The van der Waals surface area contributed by atoms with Crippen molar-refractivity contribution in [2.75, 3.05) is 19.0 Å². The lowest BCUT2D eigenvalue weighted by molar-refractivity contribution is -0.118. The zero-order valence-electron chi connectivity index (χ0n) is 11.3. The lowest BCUT2D eigenvalue weighted by Gasteiger charge is -2.23. The zero-order chi connectivity index (χ0) is 14.5. The van der Waals surface area contributed by atoms with Gasteiger partial charge in [-0.1, -0.05) is 6.42 Å². The first-order chi connectivity index (χ1) is 9.61. The Bertz CT molecular complexity index is 510. The number of carbonyl (C=O) groups is 2. The Labute approximate surface area is 117 Å². The SMILES string of the molecule is COc1ccc(C(=O)O)cc1NC(=O)[C@@H]1CCCCN1. The number of amides is 1. The van der Waals surface area contributed by atoms with E-state index in [0.717, 1.165) is 25.8 Å². The van der Waals surface area contributed by atoms with Crippen LogP contribution in [-0.4, -0.2) is 36.7 Å². The van der Waals surface area contributed by atoms with Crippen LogP contribution >= 0.6 is 0 Å². The molecule has 1 fully saturated rings. The van der Waals surface area contributed by atoms with Crippen molar-refractivity contribution in [2.45, 2.75) is 25.3 Å². The maximum Gasteiger partial charge on any atom is 0.335 e. The highest BCUT2D eigenvalue weighted by atomic mass is 16.5. The Hall–Kier alpha value is -2.08. The van der Waals surface area contributed by atoms with Crippen LogP contribution in [0.3, 0.4) is 0 Å². The van der Waals surface area contributed by atoms with Crippen LogP contribution in [0.4, 0.5) is 5.69 Å². The predicted octanol–water partition coefficient (Wildman–Crippen LogP) is 1.47. The quantitative estimate of drug-likeness (QED) is 0.776. The van der Waals surface area contributed by atoms with E-state index in [-0.39, 0.29) is 17.5 Å². The third-order valence-electron chi connectivity index (χ3n) is 3.33. The highest BCUT2D eigenvalue weighted by molar-refractivity contribution is 5.98. The van der Waals surface area contributed by atoms with Gasteiger partial charge in [0.25, 0.3) is 0 Å². The molecular formula is C14H18N2O4. The van der Waals surface area contributed by atoms with Gasteiger partial charge in [0.05, 0.1) is 24.4 Å². The number of hydrogen-bond acceptors (Lipinski definition) is 4. The first-order valence-electron chi connectivity index (χ1n) is 6.57. The van der Waals surface area contributed by atoms with Crippen molar-refractivity contribution < 1.29 is 19.4 Å². The molecule has 0 unspecified atom stereocenters. The van der Waals surface area contributed by atoms with Crippen LogP contribution in [0.1, 0.15) is 29.6 Å². The van der Waals surface area contributed by atoms with Crippen LogP contribution in [0, 0.1) is 0 Å². The molecule has 108 valence electrons. The number of aromatic carboxylic acids is 1. The molecule has 0 spiro atoms. The third kappa shape index (κ3) is 3.27. The van der Waals surface area contributed by atoms with Crippen molar-refractivity contribution in [2.24, 2.45) is 0 Å². The van der Waals surface area contributed by atoms with Gasteiger partial charge in [-0.2, -0.15) is 0 Å². The second-order valence-corrected chi connectivity index (χ2v) is 4.71. The van der Waals surface area contributed by atoms with Gasteiger partial charge in [0.2, 0.25) is 5.91 Å². The Kier molecular flexibility index (Phi) is 4.57. The first kappa shape index (κ1) is 14.3. The lowest BCUT2D eigenvalue weighted by atomic mass is 10.0. The number of benzene rings is 1. The van der Waals surface area contributed by atoms with Gasteiger partial charge in [-0.3, -0.25) is 4.79 Å². The van der Waals surface area contributed by atoms with Gasteiger partial charge in [-0.15, -0.1) is 0 Å². The van der Waals surface area contributed by atoms with Gasteiger partial charge in [0, 0.05) is 0 Å². The maximum absolute atomic E-state index is 12.1. The van der Waals surface area contributed by atoms with Crippen molar-refractivity contribution in [1.82, 2.24) is 5.32 Å². The largest absolute Gasteiger partial charge is 0.495 e. The second kappa shape index (κ2) is 6.38. The second-order valence-electron chi connectivity index (χ2n) is 4.71. The molecule has 0 aliphatic carbocycles. The smallest absolute Gasteiger partial charge is 0.335 e. The Morgan fingerprint density at radius 3 is 2.80 bits per heavy atom. The van der Waals surface area contributed by atoms with Crippen LogP contribution < -0.4 is 15.4 Å². The molecule has 1 atom stereocenters. The van der Waals surface area contributed by atoms with Gasteiger partial charge in [-0.25, -0.2) is 4.79 Å². The van der Waals surface area contributed by atoms with Gasteiger partial charge < -0.3 is 20.5 Å². The minimum Gasteiger partial charge on any atom is -0.495 e. The van der Waals surface area contributed by atoms with E-state index in [2.05, 4.69) is 10.6 Å². The number of carboxylic acids is 1. The summed E-state index contributed by atoms with van der Waals surface area (Å²) in [7, 11) is 1.48. The van der Waals surface area contributed by atoms with Gasteiger partial charge in [0.1, 0.15) is 5.75 Å². The molecule has 1 aliphatic rings. The normalized spacial score (nSPS) is 18.4. The van der Waals surface area contributed by atoms with Gasteiger partial charge in [-0.05, 0) is 37.6 Å². The summed E-state index contributed by atoms with van der Waals surface area (Å²) in [4.78, 5) is 23.1. The molecule has 3 N–H and O–H groups in total. The molecule has 1 saturated heterocycles. The molecule has 20 heavy (non-hydrogen) atoms. The fourth-order valence-electron chi connectivity index (χ4n) is 2.23. The molecule has 1 aromatic carbocycles. The van der Waals surface area contributed by atoms with Crippen molar-refractivity contribution in [1.29, 1.82) is 0 Å². The van der Waals surface area contributed by atoms with E-state index in [1.54, 1.807) is 0 Å². The van der Waals surface area contributed by atoms with E-state index in [0.29, 0.717) is 11.4 Å². The summed E-state index contributed by atoms with van der Waals surface area (Å²) in [6, 6.07) is 4.15. The van der Waals surface area contributed by atoms with Crippen molar-refractivity contribution in [3.8, 4) is 5.75 Å². The van der Waals surface area contributed by atoms with Crippen molar-refractivity contribution in [3.63, 3.8) is 0 Å². The summed E-state index contributed by atoms with van der Waals surface area (Å²) < 4.78 is 5.14. The third-order valence-corrected chi connectivity index (χ3v) is 3.33. The molecule has 2 rings (SSSR count). The van der Waals surface area contributed by atoms with E-state index in [1.807, 2.05) is 0 Å². The summed E-state index contributed by atoms with van der Waals surface area (Å²) in [6.07, 6.45) is 2.87. The Balaban J connectivity index is 2.15. The van der Waals surface area contributed by atoms with E-state index in [1.165, 1.54) is 25.3 Å². The minimum absolute atomic E-state index is 0.109. The van der Waals surface area contributed by atoms with Crippen LogP contribution in [0.25, 0.3) is 0 Å². The summed E-state index contributed by atoms with van der Waals surface area (Å²) in [5.74, 6) is -0.761. The number of carboxylic acid groups (broad SMARTS) is 1. The highest BCUT2D eigenvalue weighted by Gasteiger charge is 2.21. The molecule has 0 radical (unpaired) electrons. The highest BCUT2D eigenvalue weighted by Crippen LogP contribution is 2.26. The molecule has 1 heterocycles. The Morgan fingerprint density at radius 2 is 2.20 bits per heavy atom. The summed E-state index contributed by atoms with van der Waals surface area (Å²) in [6.45, 7) is 0.824. The van der Waals surface area contributed by atoms with Gasteiger partial charge in [0.15, 0.2) is 0 Å². The number of carbonyl (C=O) groups excluding carboxylic acids is 1. The number of ether oxygens (including phenoxy) is 1. The predicted molar refractivity (Wildman–Crippen MR) is 74.2 cm³/mol. The van der Waals surface area contributed by atoms with Gasteiger partial charge >= 0.3 is 5.97 Å². The number of nitrogens with one attached hydrogen (secondary N) is 2. The number of rotatable bonds is 4. The summed E-state index contributed by atoms with van der Waals surface area (Å²) >= 11 is 0. The van der Waals surface area contributed by atoms with Crippen LogP contribution in [0.2, 0.25) is 0 Å². The number of hydrogen-bond donors (Lipinski definition) is 3. The van der Waals surface area contributed by atoms with E-state index in [4.69, 9.17) is 9.84 Å². The zero-order valence-corrected chi connectivity index (χ0v) is 11.3. The average molecular weight is 278 g/mol. The van der Waals surface area contributed by atoms with E-state index >= 15 is 0 Å². The Morgan fingerprint density at radius 1 is 1.40 bits per heavy atom. The molecule has 6 heteroatoms. The molecule has 6 nitrogen and oxygen atoms in total. The molecule has 0 saturated carbocycles. The summed E-state index contributed by atoms with van der Waals surface area (Å²) in [5.41, 5.74) is 0.488. The molecule has 1 amide bonds. The van der Waals surface area contributed by atoms with E-state index < -0.39 is 5.97 Å². The average Bonchev–Trinajstić information content (AvgIpc) is 2.48. The van der Waals surface area contributed by atoms with Crippen LogP contribution in [-0.2, 0) is 4.79 Å². The van der Waals surface area contributed by atoms with Crippen molar-refractivity contribution in [3.05, 3.63) is 23.8 Å². The van der Waals surface area contributed by atoms with E-state index in [9.17, 15) is 9.59 Å². The van der Waals surface area contributed by atoms with Crippen LogP contribution in [0.5, 0.6) is 5.75 Å². The first-order valence-corrected chi connectivity index (χ1v) is 6.57. The summed E-state index contributed by atoms with van der Waals surface area (Å²) in [5, 5.41) is 14.9. The minimum atomic E-state index is -1.04. The molecule has 0 bridgehead atoms. The number of anilines is 1. The maximum atomic E-state index is 12.1. The standard InChI is InChI=1S/C14H18N2O4/c1-20-12-6-5-9(14(18)19)8-11(12)16-13(17)10-4-2-3-7-15-10/h5-6,8,10,15H,2-4,7H2,1H3,(H,16,17)(H,18,19)/t10-/m0/s1. The fraction of sp³-hybridized carbons (Fsp3) is 0.429. The number of methoxy groups -OCH3 is 1. The molecule has 1 aliphatic heterocycles.